The zero-order valence-corrected chi connectivity index (χ0v) is 14.2. The number of aromatic amines is 1. The molecule has 0 amide bonds. The van der Waals surface area contributed by atoms with Crippen molar-refractivity contribution in [1.29, 1.82) is 0 Å². The second kappa shape index (κ2) is 5.73. The molecule has 0 radical (unpaired) electrons. The lowest BCUT2D eigenvalue weighted by atomic mass is 10.3. The minimum absolute atomic E-state index is 0.113. The molecule has 0 spiro atoms. The van der Waals surface area contributed by atoms with Gasteiger partial charge in [-0.3, -0.25) is 9.82 Å². The highest BCUT2D eigenvalue weighted by molar-refractivity contribution is 9.10. The van der Waals surface area contributed by atoms with Gasteiger partial charge in [-0.15, -0.1) is 0 Å². The Kier molecular flexibility index (Phi) is 4.03. The highest BCUT2D eigenvalue weighted by Crippen LogP contribution is 2.28. The summed E-state index contributed by atoms with van der Waals surface area (Å²) in [6.45, 7) is 0. The molecule has 1 aromatic heterocycles. The summed E-state index contributed by atoms with van der Waals surface area (Å²) in [5.74, 6) is -1.73. The lowest BCUT2D eigenvalue weighted by Crippen LogP contribution is -2.15. The van der Waals surface area contributed by atoms with Gasteiger partial charge in [0.15, 0.2) is 0 Å². The number of hydrogen-bond donors (Lipinski definition) is 2. The fourth-order valence-electron chi connectivity index (χ4n) is 1.97. The molecule has 0 aliphatic rings. The first-order chi connectivity index (χ1) is 10.8. The van der Waals surface area contributed by atoms with E-state index >= 15 is 0 Å². The van der Waals surface area contributed by atoms with Gasteiger partial charge in [-0.25, -0.2) is 8.78 Å². The van der Waals surface area contributed by atoms with Crippen molar-refractivity contribution in [1.82, 2.24) is 10.2 Å². The SMILES string of the molecule is O=S(=O)(Nc1cc(F)c(Br)cc1F)c1n[nH]c2cc(Cl)ccc12. The van der Waals surface area contributed by atoms with Crippen molar-refractivity contribution in [3.63, 3.8) is 0 Å². The largest absolute Gasteiger partial charge is 0.281 e. The van der Waals surface area contributed by atoms with Gasteiger partial charge in [0.1, 0.15) is 11.6 Å². The summed E-state index contributed by atoms with van der Waals surface area (Å²) in [4.78, 5) is 0. The van der Waals surface area contributed by atoms with Crippen LogP contribution in [0.2, 0.25) is 5.02 Å². The van der Waals surface area contributed by atoms with E-state index in [1.54, 1.807) is 0 Å². The smallest absolute Gasteiger partial charge is 0.276 e. The second-order valence-corrected chi connectivity index (χ2v) is 7.46. The Balaban J connectivity index is 2.06. The van der Waals surface area contributed by atoms with Crippen LogP contribution in [0.4, 0.5) is 14.5 Å². The molecule has 2 N–H and O–H groups in total. The van der Waals surface area contributed by atoms with Crippen LogP contribution in [-0.4, -0.2) is 18.6 Å². The molecule has 0 unspecified atom stereocenters. The van der Waals surface area contributed by atoms with Crippen LogP contribution in [0.25, 0.3) is 10.9 Å². The number of hydrogen-bond acceptors (Lipinski definition) is 3. The highest BCUT2D eigenvalue weighted by Gasteiger charge is 2.23. The average molecular weight is 423 g/mol. The molecule has 1 heterocycles. The summed E-state index contributed by atoms with van der Waals surface area (Å²) < 4.78 is 53.9. The second-order valence-electron chi connectivity index (χ2n) is 4.57. The number of halogens is 4. The van der Waals surface area contributed by atoms with Gasteiger partial charge in [-0.05, 0) is 40.2 Å². The van der Waals surface area contributed by atoms with E-state index in [4.69, 9.17) is 11.6 Å². The van der Waals surface area contributed by atoms with Crippen LogP contribution in [0.1, 0.15) is 0 Å². The van der Waals surface area contributed by atoms with Crippen molar-refractivity contribution in [2.24, 2.45) is 0 Å². The third-order valence-electron chi connectivity index (χ3n) is 3.00. The lowest BCUT2D eigenvalue weighted by Gasteiger charge is -2.08. The number of nitrogens with one attached hydrogen (secondary N) is 2. The van der Waals surface area contributed by atoms with Gasteiger partial charge in [0, 0.05) is 16.5 Å². The fourth-order valence-corrected chi connectivity index (χ4v) is 3.63. The number of nitrogens with zero attached hydrogens (tertiary/aromatic N) is 1. The minimum Gasteiger partial charge on any atom is -0.276 e. The van der Waals surface area contributed by atoms with Crippen LogP contribution in [0, 0.1) is 11.6 Å². The maximum atomic E-state index is 13.8. The Hall–Kier alpha value is -1.71. The molecule has 23 heavy (non-hydrogen) atoms. The van der Waals surface area contributed by atoms with Gasteiger partial charge in [0.05, 0.1) is 15.7 Å². The molecule has 120 valence electrons. The Bertz CT molecular complexity index is 1020. The summed E-state index contributed by atoms with van der Waals surface area (Å²) in [7, 11) is -4.22. The van der Waals surface area contributed by atoms with E-state index in [-0.39, 0.29) is 14.9 Å². The standard InChI is InChI=1S/C13H7BrClF2N3O2S/c14-8-4-10(17)12(5-9(8)16)20-23(21,22)13-7-2-1-6(15)3-11(7)18-19-13/h1-5,20H,(H,18,19). The Morgan fingerprint density at radius 2 is 1.91 bits per heavy atom. The molecule has 3 aromatic rings. The van der Waals surface area contributed by atoms with E-state index in [1.165, 1.54) is 18.2 Å². The van der Waals surface area contributed by atoms with Gasteiger partial charge in [0.25, 0.3) is 10.0 Å². The van der Waals surface area contributed by atoms with E-state index < -0.39 is 27.3 Å². The molecule has 10 heteroatoms. The lowest BCUT2D eigenvalue weighted by molar-refractivity contribution is 0.590. The molecule has 5 nitrogen and oxygen atoms in total. The first-order valence-electron chi connectivity index (χ1n) is 6.09. The van der Waals surface area contributed by atoms with Crippen LogP contribution < -0.4 is 4.72 Å². The number of benzene rings is 2. The molecule has 0 atom stereocenters. The Labute approximate surface area is 142 Å². The zero-order chi connectivity index (χ0) is 16.8. The predicted molar refractivity (Wildman–Crippen MR) is 86.0 cm³/mol. The molecule has 0 fully saturated rings. The third-order valence-corrected chi connectivity index (χ3v) is 5.15. The first-order valence-corrected chi connectivity index (χ1v) is 8.74. The number of sulfonamides is 1. The van der Waals surface area contributed by atoms with Gasteiger partial charge in [-0.2, -0.15) is 13.5 Å². The molecule has 0 saturated heterocycles. The monoisotopic (exact) mass is 421 g/mol. The van der Waals surface area contributed by atoms with Crippen molar-refractivity contribution in [2.45, 2.75) is 5.03 Å². The summed E-state index contributed by atoms with van der Waals surface area (Å²) in [6, 6.07) is 6.04. The summed E-state index contributed by atoms with van der Waals surface area (Å²) in [6.07, 6.45) is 0. The van der Waals surface area contributed by atoms with E-state index in [9.17, 15) is 17.2 Å². The molecular formula is C13H7BrClF2N3O2S. The highest BCUT2D eigenvalue weighted by atomic mass is 79.9. The van der Waals surface area contributed by atoms with Crippen molar-refractivity contribution < 1.29 is 17.2 Å². The Morgan fingerprint density at radius 3 is 2.65 bits per heavy atom. The van der Waals surface area contributed by atoms with Gasteiger partial charge in [0.2, 0.25) is 5.03 Å². The number of H-pyrrole nitrogens is 1. The zero-order valence-electron chi connectivity index (χ0n) is 11.1. The molecule has 2 aromatic carbocycles. The van der Waals surface area contributed by atoms with Crippen LogP contribution in [0.15, 0.2) is 39.8 Å². The molecule has 0 aliphatic carbocycles. The first kappa shape index (κ1) is 16.2. The number of fused-ring (bicyclic) bond motifs is 1. The van der Waals surface area contributed by atoms with E-state index in [0.717, 1.165) is 12.1 Å². The molecule has 0 aliphatic heterocycles. The molecule has 0 bridgehead atoms. The van der Waals surface area contributed by atoms with Gasteiger partial charge >= 0.3 is 0 Å². The van der Waals surface area contributed by atoms with Crippen molar-refractivity contribution in [3.8, 4) is 0 Å². The number of rotatable bonds is 3. The minimum atomic E-state index is -4.22. The summed E-state index contributed by atoms with van der Waals surface area (Å²) in [5.41, 5.74) is -0.115. The third kappa shape index (κ3) is 3.04. The van der Waals surface area contributed by atoms with Crippen molar-refractivity contribution in [2.75, 3.05) is 4.72 Å². The summed E-state index contributed by atoms with van der Waals surface area (Å²) >= 11 is 8.63. The summed E-state index contributed by atoms with van der Waals surface area (Å²) in [5, 5.41) is 6.58. The molecule has 0 saturated carbocycles. The van der Waals surface area contributed by atoms with Crippen molar-refractivity contribution in [3.05, 3.63) is 51.5 Å². The maximum absolute atomic E-state index is 13.8. The molecule has 3 rings (SSSR count). The topological polar surface area (TPSA) is 74.8 Å². The van der Waals surface area contributed by atoms with E-state index in [1.807, 2.05) is 4.72 Å². The number of anilines is 1. The molecular weight excluding hydrogens is 416 g/mol. The van der Waals surface area contributed by atoms with Crippen LogP contribution >= 0.6 is 27.5 Å². The van der Waals surface area contributed by atoms with Gasteiger partial charge < -0.3 is 0 Å². The van der Waals surface area contributed by atoms with Crippen molar-refractivity contribution >= 4 is 54.1 Å². The predicted octanol–water partition coefficient (Wildman–Crippen LogP) is 4.06. The normalized spacial score (nSPS) is 11.8. The Morgan fingerprint density at radius 1 is 1.17 bits per heavy atom. The quantitative estimate of drug-likeness (QED) is 0.625. The average Bonchev–Trinajstić information content (AvgIpc) is 2.88. The van der Waals surface area contributed by atoms with Crippen LogP contribution in [-0.2, 0) is 10.0 Å². The maximum Gasteiger partial charge on any atom is 0.281 e. The van der Waals surface area contributed by atoms with Crippen LogP contribution in [0.3, 0.4) is 0 Å². The fraction of sp³-hybridized carbons (Fsp3) is 0. The van der Waals surface area contributed by atoms with E-state index in [0.29, 0.717) is 10.5 Å². The van der Waals surface area contributed by atoms with E-state index in [2.05, 4.69) is 26.1 Å². The number of aromatic nitrogens is 2. The van der Waals surface area contributed by atoms with Crippen LogP contribution in [0.5, 0.6) is 0 Å². The van der Waals surface area contributed by atoms with Gasteiger partial charge in [-0.1, -0.05) is 11.6 Å².